The van der Waals surface area contributed by atoms with Crippen molar-refractivity contribution in [3.05, 3.63) is 46.8 Å². The number of aromatic hydroxyl groups is 1. The van der Waals surface area contributed by atoms with E-state index in [2.05, 4.69) is 4.98 Å². The zero-order valence-corrected chi connectivity index (χ0v) is 9.19. The maximum absolute atomic E-state index is 10.5. The lowest BCUT2D eigenvalue weighted by molar-refractivity contribution is 0.111. The SMILES string of the molecule is O=Cc1ncc(C2C=CC=C(Cl)C2)cc1O. The first-order chi connectivity index (χ1) is 7.70. The highest BCUT2D eigenvalue weighted by Crippen LogP contribution is 2.31. The van der Waals surface area contributed by atoms with Gasteiger partial charge in [-0.25, -0.2) is 4.98 Å². The Hall–Kier alpha value is -1.61. The quantitative estimate of drug-likeness (QED) is 0.802. The number of carbonyl (C=O) groups is 1. The van der Waals surface area contributed by atoms with Gasteiger partial charge in [-0.05, 0) is 24.1 Å². The number of hydrogen-bond acceptors (Lipinski definition) is 3. The van der Waals surface area contributed by atoms with Crippen LogP contribution in [0.25, 0.3) is 0 Å². The standard InChI is InChI=1S/C12H10ClNO2/c13-10-3-1-2-8(4-10)9-5-12(16)11(7-15)14-6-9/h1-3,5-8,16H,4H2. The number of nitrogens with zero attached hydrogens (tertiary/aromatic N) is 1. The van der Waals surface area contributed by atoms with E-state index in [1.54, 1.807) is 12.3 Å². The molecule has 0 bridgehead atoms. The molecule has 1 aliphatic carbocycles. The molecule has 82 valence electrons. The Balaban J connectivity index is 2.29. The van der Waals surface area contributed by atoms with Crippen molar-refractivity contribution in [2.75, 3.05) is 0 Å². The van der Waals surface area contributed by atoms with Gasteiger partial charge in [-0.2, -0.15) is 0 Å². The van der Waals surface area contributed by atoms with E-state index in [4.69, 9.17) is 11.6 Å². The highest BCUT2D eigenvalue weighted by molar-refractivity contribution is 6.29. The zero-order valence-electron chi connectivity index (χ0n) is 8.43. The van der Waals surface area contributed by atoms with Gasteiger partial charge in [0.1, 0.15) is 11.4 Å². The molecule has 1 aliphatic rings. The number of aromatic nitrogens is 1. The summed E-state index contributed by atoms with van der Waals surface area (Å²) in [6.07, 6.45) is 8.52. The van der Waals surface area contributed by atoms with Gasteiger partial charge in [0.2, 0.25) is 0 Å². The van der Waals surface area contributed by atoms with Crippen LogP contribution in [0.1, 0.15) is 28.4 Å². The van der Waals surface area contributed by atoms with Gasteiger partial charge in [-0.1, -0.05) is 23.8 Å². The molecule has 0 aromatic carbocycles. The summed E-state index contributed by atoms with van der Waals surface area (Å²) >= 11 is 5.93. The van der Waals surface area contributed by atoms with Crippen LogP contribution in [0.3, 0.4) is 0 Å². The average molecular weight is 236 g/mol. The second-order valence-electron chi connectivity index (χ2n) is 3.60. The topological polar surface area (TPSA) is 50.2 Å². The first-order valence-corrected chi connectivity index (χ1v) is 5.25. The van der Waals surface area contributed by atoms with Gasteiger partial charge in [0.25, 0.3) is 0 Å². The van der Waals surface area contributed by atoms with Crippen molar-refractivity contribution in [2.45, 2.75) is 12.3 Å². The van der Waals surface area contributed by atoms with Crippen molar-refractivity contribution in [2.24, 2.45) is 0 Å². The van der Waals surface area contributed by atoms with Gasteiger partial charge >= 0.3 is 0 Å². The summed E-state index contributed by atoms with van der Waals surface area (Å²) < 4.78 is 0. The highest BCUT2D eigenvalue weighted by Gasteiger charge is 2.14. The van der Waals surface area contributed by atoms with Crippen molar-refractivity contribution in [1.82, 2.24) is 4.98 Å². The summed E-state index contributed by atoms with van der Waals surface area (Å²) in [5.41, 5.74) is 0.913. The van der Waals surface area contributed by atoms with Crippen LogP contribution in [-0.4, -0.2) is 16.4 Å². The molecule has 0 fully saturated rings. The molecule has 0 radical (unpaired) electrons. The summed E-state index contributed by atoms with van der Waals surface area (Å²) in [6, 6.07) is 1.56. The largest absolute Gasteiger partial charge is 0.506 e. The molecule has 16 heavy (non-hydrogen) atoms. The van der Waals surface area contributed by atoms with E-state index in [-0.39, 0.29) is 17.4 Å². The number of carbonyl (C=O) groups excluding carboxylic acids is 1. The third-order valence-corrected chi connectivity index (χ3v) is 2.77. The summed E-state index contributed by atoms with van der Waals surface area (Å²) in [7, 11) is 0. The van der Waals surface area contributed by atoms with Crippen molar-refractivity contribution >= 4 is 17.9 Å². The van der Waals surface area contributed by atoms with Crippen LogP contribution in [0, 0.1) is 0 Å². The molecular formula is C12H10ClNO2. The van der Waals surface area contributed by atoms with E-state index < -0.39 is 0 Å². The minimum Gasteiger partial charge on any atom is -0.506 e. The Labute approximate surface area is 98.1 Å². The Morgan fingerprint density at radius 1 is 1.56 bits per heavy atom. The Morgan fingerprint density at radius 2 is 2.38 bits per heavy atom. The summed E-state index contributed by atoms with van der Waals surface area (Å²) in [5, 5.41) is 10.3. The Kier molecular flexibility index (Phi) is 3.06. The second kappa shape index (κ2) is 4.49. The molecule has 0 spiro atoms. The number of allylic oxidation sites excluding steroid dienone is 4. The molecule has 0 amide bonds. The number of rotatable bonds is 2. The Morgan fingerprint density at radius 3 is 3.00 bits per heavy atom. The van der Waals surface area contributed by atoms with Crippen LogP contribution < -0.4 is 0 Å². The fourth-order valence-corrected chi connectivity index (χ4v) is 1.88. The van der Waals surface area contributed by atoms with E-state index in [1.165, 1.54) is 0 Å². The van der Waals surface area contributed by atoms with E-state index >= 15 is 0 Å². The van der Waals surface area contributed by atoms with Crippen molar-refractivity contribution in [3.8, 4) is 5.75 Å². The number of halogens is 1. The minimum absolute atomic E-state index is 0.0604. The third-order valence-electron chi connectivity index (χ3n) is 2.49. The summed E-state index contributed by atoms with van der Waals surface area (Å²) in [5.74, 6) is 0.0168. The van der Waals surface area contributed by atoms with Crippen LogP contribution in [0.15, 0.2) is 35.5 Å². The second-order valence-corrected chi connectivity index (χ2v) is 4.09. The van der Waals surface area contributed by atoms with Gasteiger partial charge in [0, 0.05) is 17.1 Å². The molecule has 1 heterocycles. The maximum Gasteiger partial charge on any atom is 0.172 e. The molecule has 1 atom stereocenters. The highest BCUT2D eigenvalue weighted by atomic mass is 35.5. The minimum atomic E-state index is -0.0911. The van der Waals surface area contributed by atoms with E-state index in [0.717, 1.165) is 10.6 Å². The first-order valence-electron chi connectivity index (χ1n) is 4.87. The lowest BCUT2D eigenvalue weighted by Crippen LogP contribution is -2.00. The molecule has 3 nitrogen and oxygen atoms in total. The number of hydrogen-bond donors (Lipinski definition) is 1. The zero-order chi connectivity index (χ0) is 11.5. The maximum atomic E-state index is 10.5. The van der Waals surface area contributed by atoms with Gasteiger partial charge in [0.05, 0.1) is 0 Å². The average Bonchev–Trinajstić information content (AvgIpc) is 2.29. The van der Waals surface area contributed by atoms with Crippen molar-refractivity contribution < 1.29 is 9.90 Å². The number of aldehydes is 1. The molecule has 1 N–H and O–H groups in total. The molecule has 2 rings (SSSR count). The van der Waals surface area contributed by atoms with Gasteiger partial charge < -0.3 is 5.11 Å². The molecule has 4 heteroatoms. The van der Waals surface area contributed by atoms with E-state index in [0.29, 0.717) is 12.7 Å². The molecule has 0 saturated heterocycles. The third kappa shape index (κ3) is 2.14. The normalized spacial score (nSPS) is 19.3. The molecular weight excluding hydrogens is 226 g/mol. The summed E-state index contributed by atoms with van der Waals surface area (Å²) in [6.45, 7) is 0. The van der Waals surface area contributed by atoms with Gasteiger partial charge in [0.15, 0.2) is 6.29 Å². The van der Waals surface area contributed by atoms with Gasteiger partial charge in [-0.15, -0.1) is 0 Å². The Bertz CT molecular complexity index is 480. The van der Waals surface area contributed by atoms with E-state index in [1.807, 2.05) is 18.2 Å². The molecule has 1 aromatic rings. The lowest BCUT2D eigenvalue weighted by atomic mass is 9.93. The molecule has 1 unspecified atom stereocenters. The van der Waals surface area contributed by atoms with Crippen LogP contribution in [-0.2, 0) is 0 Å². The van der Waals surface area contributed by atoms with Crippen LogP contribution in [0.4, 0.5) is 0 Å². The van der Waals surface area contributed by atoms with Crippen molar-refractivity contribution in [1.29, 1.82) is 0 Å². The van der Waals surface area contributed by atoms with Gasteiger partial charge in [-0.3, -0.25) is 4.79 Å². The van der Waals surface area contributed by atoms with Crippen molar-refractivity contribution in [3.63, 3.8) is 0 Å². The number of pyridine rings is 1. The van der Waals surface area contributed by atoms with Crippen LogP contribution in [0.2, 0.25) is 0 Å². The fourth-order valence-electron chi connectivity index (χ4n) is 1.64. The summed E-state index contributed by atoms with van der Waals surface area (Å²) in [4.78, 5) is 14.4. The lowest BCUT2D eigenvalue weighted by Gasteiger charge is -2.15. The van der Waals surface area contributed by atoms with Crippen LogP contribution in [0.5, 0.6) is 5.75 Å². The monoisotopic (exact) mass is 235 g/mol. The van der Waals surface area contributed by atoms with E-state index in [9.17, 15) is 9.90 Å². The fraction of sp³-hybridized carbons (Fsp3) is 0.167. The molecule has 0 aliphatic heterocycles. The molecule has 0 saturated carbocycles. The molecule has 1 aromatic heterocycles. The predicted octanol–water partition coefficient (Wildman–Crippen LogP) is 2.77. The smallest absolute Gasteiger partial charge is 0.172 e. The predicted molar refractivity (Wildman–Crippen MR) is 61.7 cm³/mol. The first kappa shape index (κ1) is 10.9. The van der Waals surface area contributed by atoms with Crippen LogP contribution >= 0.6 is 11.6 Å².